The number of amides is 2. The molecule has 6 nitrogen and oxygen atoms in total. The molecule has 1 fully saturated rings. The lowest BCUT2D eigenvalue weighted by atomic mass is 9.91. The second-order valence-corrected chi connectivity index (χ2v) is 9.46. The average molecular weight is 496 g/mol. The highest BCUT2D eigenvalue weighted by Gasteiger charge is 2.25. The van der Waals surface area contributed by atoms with Gasteiger partial charge in [-0.1, -0.05) is 23.2 Å². The summed E-state index contributed by atoms with van der Waals surface area (Å²) >= 11 is 12.9. The van der Waals surface area contributed by atoms with Gasteiger partial charge in [-0.25, -0.2) is 9.37 Å². The van der Waals surface area contributed by atoms with Gasteiger partial charge in [-0.2, -0.15) is 0 Å². The van der Waals surface area contributed by atoms with Crippen LogP contribution in [0.25, 0.3) is 10.2 Å². The molecule has 3 aromatic rings. The van der Waals surface area contributed by atoms with Gasteiger partial charge in [0.25, 0.3) is 11.8 Å². The molecule has 1 aromatic heterocycles. The Morgan fingerprint density at radius 1 is 1.06 bits per heavy atom. The van der Waals surface area contributed by atoms with E-state index < -0.39 is 5.82 Å². The average Bonchev–Trinajstić information content (AvgIpc) is 3.19. The molecule has 32 heavy (non-hydrogen) atoms. The maximum absolute atomic E-state index is 13.4. The highest BCUT2D eigenvalue weighted by atomic mass is 35.5. The van der Waals surface area contributed by atoms with Gasteiger partial charge in [-0.15, -0.1) is 11.3 Å². The number of nitrogens with one attached hydrogen (secondary N) is 2. The summed E-state index contributed by atoms with van der Waals surface area (Å²) in [6.45, 7) is -0.209. The van der Waals surface area contributed by atoms with Crippen molar-refractivity contribution in [2.24, 2.45) is 0 Å². The normalized spacial score (nSPS) is 18.3. The van der Waals surface area contributed by atoms with Crippen LogP contribution in [-0.2, 0) is 4.79 Å². The van der Waals surface area contributed by atoms with Crippen LogP contribution < -0.4 is 15.4 Å². The van der Waals surface area contributed by atoms with E-state index in [2.05, 4.69) is 15.6 Å². The Morgan fingerprint density at radius 2 is 1.78 bits per heavy atom. The smallest absolute Gasteiger partial charge is 0.280 e. The lowest BCUT2D eigenvalue weighted by Gasteiger charge is -2.29. The topological polar surface area (TPSA) is 80.3 Å². The highest BCUT2D eigenvalue weighted by Crippen LogP contribution is 2.26. The van der Waals surface area contributed by atoms with Gasteiger partial charge < -0.3 is 15.4 Å². The number of rotatable bonds is 6. The molecule has 1 saturated carbocycles. The largest absolute Gasteiger partial charge is 0.484 e. The van der Waals surface area contributed by atoms with Crippen molar-refractivity contribution in [1.29, 1.82) is 0 Å². The van der Waals surface area contributed by atoms with Gasteiger partial charge in [-0.05, 0) is 56.0 Å². The van der Waals surface area contributed by atoms with Gasteiger partial charge in [0.15, 0.2) is 11.6 Å². The third kappa shape index (κ3) is 5.68. The summed E-state index contributed by atoms with van der Waals surface area (Å²) in [5.74, 6) is -0.829. The Balaban J connectivity index is 1.21. The summed E-state index contributed by atoms with van der Waals surface area (Å²) in [7, 11) is 0. The molecular weight excluding hydrogens is 476 g/mol. The standard InChI is InChI=1S/C22H20Cl2FN3O3S/c23-12-1-8-18-19(9-12)32-22(28-18)21(30)27-14-4-2-13(3-5-14)26-20(29)11-31-15-6-7-16(24)17(25)10-15/h1,6-10,13-14H,2-5,11H2,(H,26,29)(H,27,30). The fourth-order valence-electron chi connectivity index (χ4n) is 3.61. The molecular formula is C22H20Cl2FN3O3S. The fourth-order valence-corrected chi connectivity index (χ4v) is 4.87. The molecule has 168 valence electrons. The molecule has 1 heterocycles. The van der Waals surface area contributed by atoms with E-state index in [1.54, 1.807) is 18.2 Å². The molecule has 2 amide bonds. The van der Waals surface area contributed by atoms with Crippen LogP contribution in [0, 0.1) is 5.82 Å². The first kappa shape index (κ1) is 22.8. The summed E-state index contributed by atoms with van der Waals surface area (Å²) in [6.07, 6.45) is 2.97. The zero-order valence-electron chi connectivity index (χ0n) is 16.9. The van der Waals surface area contributed by atoms with Crippen LogP contribution >= 0.6 is 34.5 Å². The molecule has 4 rings (SSSR count). The third-order valence-corrected chi connectivity index (χ3v) is 6.79. The van der Waals surface area contributed by atoms with Gasteiger partial charge >= 0.3 is 0 Å². The molecule has 0 spiro atoms. The predicted molar refractivity (Wildman–Crippen MR) is 123 cm³/mol. The van der Waals surface area contributed by atoms with Crippen LogP contribution in [0.1, 0.15) is 35.5 Å². The predicted octanol–water partition coefficient (Wildman–Crippen LogP) is 4.98. The summed E-state index contributed by atoms with van der Waals surface area (Å²) in [5.41, 5.74) is 0.750. The van der Waals surface area contributed by atoms with E-state index in [-0.39, 0.29) is 41.3 Å². The Labute approximate surface area is 198 Å². The number of benzene rings is 2. The van der Waals surface area contributed by atoms with Crippen molar-refractivity contribution in [3.05, 3.63) is 57.3 Å². The minimum absolute atomic E-state index is 0.00168. The second-order valence-electron chi connectivity index (χ2n) is 7.59. The number of halogens is 3. The van der Waals surface area contributed by atoms with Crippen LogP contribution in [0.2, 0.25) is 10.0 Å². The van der Waals surface area contributed by atoms with Crippen LogP contribution in [0.3, 0.4) is 0 Å². The molecule has 0 saturated heterocycles. The van der Waals surface area contributed by atoms with Crippen LogP contribution in [0.4, 0.5) is 4.39 Å². The van der Waals surface area contributed by atoms with Gasteiger partial charge in [0.2, 0.25) is 0 Å². The van der Waals surface area contributed by atoms with Gasteiger partial charge in [0, 0.05) is 23.2 Å². The number of carbonyl (C=O) groups excluding carboxylic acids is 2. The summed E-state index contributed by atoms with van der Waals surface area (Å²) in [4.78, 5) is 29.1. The van der Waals surface area contributed by atoms with Gasteiger partial charge in [0.05, 0.1) is 15.2 Å². The van der Waals surface area contributed by atoms with E-state index in [0.29, 0.717) is 10.0 Å². The first-order valence-electron chi connectivity index (χ1n) is 10.1. The monoisotopic (exact) mass is 495 g/mol. The molecule has 2 N–H and O–H groups in total. The SMILES string of the molecule is O=C(COc1ccc(Cl)c(F)c1)NC1CCC(NC(=O)c2nc3ccc(Cl)cc3s2)CC1. The first-order valence-corrected chi connectivity index (χ1v) is 11.7. The van der Waals surface area contributed by atoms with E-state index in [9.17, 15) is 14.0 Å². The number of hydrogen-bond acceptors (Lipinski definition) is 5. The Hall–Kier alpha value is -2.42. The zero-order chi connectivity index (χ0) is 22.7. The van der Waals surface area contributed by atoms with Crippen molar-refractivity contribution < 1.29 is 18.7 Å². The van der Waals surface area contributed by atoms with Gasteiger partial charge in [0.1, 0.15) is 11.6 Å². The quantitative estimate of drug-likeness (QED) is 0.505. The van der Waals surface area contributed by atoms with Crippen molar-refractivity contribution in [2.45, 2.75) is 37.8 Å². The number of carbonyl (C=O) groups is 2. The van der Waals surface area contributed by atoms with E-state index in [4.69, 9.17) is 27.9 Å². The number of fused-ring (bicyclic) bond motifs is 1. The second kappa shape index (κ2) is 10.0. The molecule has 0 aliphatic heterocycles. The molecule has 0 radical (unpaired) electrons. The van der Waals surface area contributed by atoms with E-state index in [0.717, 1.165) is 42.0 Å². The summed E-state index contributed by atoms with van der Waals surface area (Å²) in [5, 5.41) is 6.98. The zero-order valence-corrected chi connectivity index (χ0v) is 19.2. The molecule has 1 aliphatic rings. The molecule has 1 aliphatic carbocycles. The number of nitrogens with zero attached hydrogens (tertiary/aromatic N) is 1. The van der Waals surface area contributed by atoms with Crippen molar-refractivity contribution in [3.8, 4) is 5.75 Å². The van der Waals surface area contributed by atoms with Crippen LogP contribution in [0.5, 0.6) is 5.75 Å². The Kier molecular flexibility index (Phi) is 7.13. The molecule has 0 unspecified atom stereocenters. The Morgan fingerprint density at radius 3 is 2.50 bits per heavy atom. The molecule has 0 atom stereocenters. The number of hydrogen-bond donors (Lipinski definition) is 2. The minimum Gasteiger partial charge on any atom is -0.484 e. The fraction of sp³-hybridized carbons (Fsp3) is 0.318. The summed E-state index contributed by atoms with van der Waals surface area (Å²) < 4.78 is 19.6. The van der Waals surface area contributed by atoms with E-state index >= 15 is 0 Å². The highest BCUT2D eigenvalue weighted by molar-refractivity contribution is 7.20. The number of aromatic nitrogens is 1. The van der Waals surface area contributed by atoms with Crippen LogP contribution in [0.15, 0.2) is 36.4 Å². The third-order valence-electron chi connectivity index (χ3n) is 5.23. The van der Waals surface area contributed by atoms with Crippen molar-refractivity contribution in [1.82, 2.24) is 15.6 Å². The van der Waals surface area contributed by atoms with Crippen LogP contribution in [-0.4, -0.2) is 35.5 Å². The van der Waals surface area contributed by atoms with Crippen molar-refractivity contribution >= 4 is 56.6 Å². The number of ether oxygens (including phenoxy) is 1. The van der Waals surface area contributed by atoms with Crippen molar-refractivity contribution in [3.63, 3.8) is 0 Å². The van der Waals surface area contributed by atoms with E-state index in [1.165, 1.54) is 23.5 Å². The van der Waals surface area contributed by atoms with E-state index in [1.807, 2.05) is 0 Å². The van der Waals surface area contributed by atoms with Gasteiger partial charge in [-0.3, -0.25) is 9.59 Å². The molecule has 10 heteroatoms. The maximum Gasteiger partial charge on any atom is 0.280 e. The first-order chi connectivity index (χ1) is 15.4. The number of thiazole rings is 1. The van der Waals surface area contributed by atoms with Crippen molar-refractivity contribution in [2.75, 3.05) is 6.61 Å². The maximum atomic E-state index is 13.4. The lowest BCUT2D eigenvalue weighted by molar-refractivity contribution is -0.124. The minimum atomic E-state index is -0.598. The Bertz CT molecular complexity index is 1150. The molecule has 0 bridgehead atoms. The molecule has 2 aromatic carbocycles. The summed E-state index contributed by atoms with van der Waals surface area (Å²) in [6, 6.07) is 9.41. The lowest BCUT2D eigenvalue weighted by Crippen LogP contribution is -2.44.